The molecule has 2 unspecified atom stereocenters. The highest BCUT2D eigenvalue weighted by molar-refractivity contribution is 5.97. The van der Waals surface area contributed by atoms with E-state index in [2.05, 4.69) is 26.9 Å². The molecule has 138 valence electrons. The van der Waals surface area contributed by atoms with E-state index in [1.54, 1.807) is 6.07 Å². The second kappa shape index (κ2) is 7.70. The largest absolute Gasteiger partial charge is 0.364 e. The van der Waals surface area contributed by atoms with Gasteiger partial charge in [-0.3, -0.25) is 4.79 Å². The maximum absolute atomic E-state index is 11.7. The lowest BCUT2D eigenvalue weighted by Crippen LogP contribution is -2.42. The van der Waals surface area contributed by atoms with Crippen LogP contribution in [-0.4, -0.2) is 28.2 Å². The Kier molecular flexibility index (Phi) is 5.37. The first-order valence-electron chi connectivity index (χ1n) is 8.97. The molecule has 0 bridgehead atoms. The Labute approximate surface area is 153 Å². The van der Waals surface area contributed by atoms with Crippen molar-refractivity contribution in [2.75, 3.05) is 10.6 Å². The second-order valence-electron chi connectivity index (χ2n) is 7.06. The Morgan fingerprint density at radius 1 is 1.08 bits per heavy atom. The van der Waals surface area contributed by atoms with E-state index in [0.29, 0.717) is 11.5 Å². The highest BCUT2D eigenvalue weighted by Gasteiger charge is 2.22. The van der Waals surface area contributed by atoms with Crippen LogP contribution in [0.4, 0.5) is 17.2 Å². The van der Waals surface area contributed by atoms with Crippen LogP contribution >= 0.6 is 0 Å². The van der Waals surface area contributed by atoms with Crippen molar-refractivity contribution in [2.45, 2.75) is 51.6 Å². The third-order valence-electron chi connectivity index (χ3n) is 4.68. The van der Waals surface area contributed by atoms with Crippen LogP contribution < -0.4 is 22.1 Å². The number of nitrogens with one attached hydrogen (secondary N) is 2. The average Bonchev–Trinajstić information content (AvgIpc) is 2.56. The summed E-state index contributed by atoms with van der Waals surface area (Å²) < 4.78 is 0. The standard InChI is InChI=1S/C19H26N6O/c1-11-7-12(2)9-13(8-11)22-16-10-17(24-25-18(16)19(21)26)23-15-6-4-3-5-14(15)20/h7-10,14-15H,3-6,20H2,1-2H3,(H2,21,26)(H2,22,23,24). The van der Waals surface area contributed by atoms with Crippen LogP contribution in [0, 0.1) is 13.8 Å². The number of aromatic nitrogens is 2. The van der Waals surface area contributed by atoms with Crippen LogP contribution in [0.5, 0.6) is 0 Å². The van der Waals surface area contributed by atoms with Gasteiger partial charge in [-0.15, -0.1) is 10.2 Å². The smallest absolute Gasteiger partial charge is 0.271 e. The maximum Gasteiger partial charge on any atom is 0.271 e. The number of nitrogens with zero attached hydrogens (tertiary/aromatic N) is 2. The highest BCUT2D eigenvalue weighted by atomic mass is 16.1. The number of anilines is 3. The number of carbonyl (C=O) groups excluding carboxylic acids is 1. The molecule has 1 aromatic heterocycles. The van der Waals surface area contributed by atoms with Gasteiger partial charge in [-0.1, -0.05) is 18.9 Å². The van der Waals surface area contributed by atoms with E-state index < -0.39 is 5.91 Å². The molecule has 2 aromatic rings. The van der Waals surface area contributed by atoms with Crippen LogP contribution in [0.3, 0.4) is 0 Å². The van der Waals surface area contributed by atoms with Crippen LogP contribution in [-0.2, 0) is 0 Å². The van der Waals surface area contributed by atoms with Gasteiger partial charge in [0.1, 0.15) is 0 Å². The number of hydrogen-bond acceptors (Lipinski definition) is 6. The summed E-state index contributed by atoms with van der Waals surface area (Å²) in [5.41, 5.74) is 15.4. The van der Waals surface area contributed by atoms with Crippen molar-refractivity contribution in [3.05, 3.63) is 41.1 Å². The molecule has 3 rings (SSSR count). The Balaban J connectivity index is 1.87. The number of aryl methyl sites for hydroxylation is 2. The van der Waals surface area contributed by atoms with Gasteiger partial charge in [0.15, 0.2) is 11.5 Å². The summed E-state index contributed by atoms with van der Waals surface area (Å²) in [6.07, 6.45) is 4.30. The lowest BCUT2D eigenvalue weighted by Gasteiger charge is -2.29. The Morgan fingerprint density at radius 2 is 1.77 bits per heavy atom. The third kappa shape index (κ3) is 4.29. The normalized spacial score (nSPS) is 19.8. The predicted octanol–water partition coefficient (Wildman–Crippen LogP) is 2.62. The van der Waals surface area contributed by atoms with Gasteiger partial charge in [-0.2, -0.15) is 0 Å². The number of hydrogen-bond donors (Lipinski definition) is 4. The van der Waals surface area contributed by atoms with E-state index >= 15 is 0 Å². The van der Waals surface area contributed by atoms with Gasteiger partial charge in [0.05, 0.1) is 5.69 Å². The minimum Gasteiger partial charge on any atom is -0.364 e. The van der Waals surface area contributed by atoms with Crippen LogP contribution in [0.2, 0.25) is 0 Å². The van der Waals surface area contributed by atoms with Gasteiger partial charge in [0, 0.05) is 23.8 Å². The molecule has 0 spiro atoms. The first kappa shape index (κ1) is 18.1. The average molecular weight is 354 g/mol. The third-order valence-corrected chi connectivity index (χ3v) is 4.68. The van der Waals surface area contributed by atoms with E-state index in [9.17, 15) is 4.79 Å². The van der Waals surface area contributed by atoms with Crippen molar-refractivity contribution in [1.29, 1.82) is 0 Å². The van der Waals surface area contributed by atoms with Gasteiger partial charge < -0.3 is 22.1 Å². The first-order valence-corrected chi connectivity index (χ1v) is 8.97. The van der Waals surface area contributed by atoms with Gasteiger partial charge >= 0.3 is 0 Å². The Bertz CT molecular complexity index is 786. The molecule has 1 aliphatic rings. The summed E-state index contributed by atoms with van der Waals surface area (Å²) >= 11 is 0. The zero-order chi connectivity index (χ0) is 18.7. The van der Waals surface area contributed by atoms with E-state index in [-0.39, 0.29) is 17.8 Å². The molecule has 1 aliphatic carbocycles. The molecule has 0 radical (unpaired) electrons. The lowest BCUT2D eigenvalue weighted by atomic mass is 9.91. The van der Waals surface area contributed by atoms with Gasteiger partial charge in [0.25, 0.3) is 5.91 Å². The molecular weight excluding hydrogens is 328 g/mol. The highest BCUT2D eigenvalue weighted by Crippen LogP contribution is 2.25. The fourth-order valence-electron chi connectivity index (χ4n) is 3.47. The van der Waals surface area contributed by atoms with Crippen molar-refractivity contribution in [2.24, 2.45) is 11.5 Å². The monoisotopic (exact) mass is 354 g/mol. The quantitative estimate of drug-likeness (QED) is 0.655. The fourth-order valence-corrected chi connectivity index (χ4v) is 3.47. The van der Waals surface area contributed by atoms with E-state index in [1.165, 1.54) is 0 Å². The summed E-state index contributed by atoms with van der Waals surface area (Å²) in [4.78, 5) is 11.7. The predicted molar refractivity (Wildman–Crippen MR) is 104 cm³/mol. The summed E-state index contributed by atoms with van der Waals surface area (Å²) in [5, 5.41) is 14.7. The van der Waals surface area contributed by atoms with Crippen molar-refractivity contribution >= 4 is 23.1 Å². The molecule has 2 atom stereocenters. The van der Waals surface area contributed by atoms with Crippen molar-refractivity contribution < 1.29 is 4.79 Å². The molecule has 0 aliphatic heterocycles. The zero-order valence-corrected chi connectivity index (χ0v) is 15.2. The van der Waals surface area contributed by atoms with Crippen LogP contribution in [0.25, 0.3) is 0 Å². The second-order valence-corrected chi connectivity index (χ2v) is 7.06. The molecule has 1 heterocycles. The van der Waals surface area contributed by atoms with E-state index in [0.717, 1.165) is 42.5 Å². The number of amides is 1. The van der Waals surface area contributed by atoms with Crippen LogP contribution in [0.1, 0.15) is 47.3 Å². The van der Waals surface area contributed by atoms with Crippen molar-refractivity contribution in [3.63, 3.8) is 0 Å². The Morgan fingerprint density at radius 3 is 2.42 bits per heavy atom. The summed E-state index contributed by atoms with van der Waals surface area (Å²) in [7, 11) is 0. The molecule has 1 amide bonds. The van der Waals surface area contributed by atoms with Crippen molar-refractivity contribution in [1.82, 2.24) is 10.2 Å². The SMILES string of the molecule is Cc1cc(C)cc(Nc2cc(NC3CCCCC3N)nnc2C(N)=O)c1. The van der Waals surface area contributed by atoms with Gasteiger partial charge in [0.2, 0.25) is 0 Å². The van der Waals surface area contributed by atoms with Gasteiger partial charge in [-0.25, -0.2) is 0 Å². The fraction of sp³-hybridized carbons (Fsp3) is 0.421. The first-order chi connectivity index (χ1) is 12.4. The number of benzene rings is 1. The van der Waals surface area contributed by atoms with E-state index in [1.807, 2.05) is 26.0 Å². The lowest BCUT2D eigenvalue weighted by molar-refractivity contribution is 0.0995. The molecule has 7 nitrogen and oxygen atoms in total. The van der Waals surface area contributed by atoms with E-state index in [4.69, 9.17) is 11.5 Å². The molecule has 1 saturated carbocycles. The zero-order valence-electron chi connectivity index (χ0n) is 15.2. The number of nitrogens with two attached hydrogens (primary N) is 2. The molecule has 1 fully saturated rings. The summed E-state index contributed by atoms with van der Waals surface area (Å²) in [6, 6.07) is 8.11. The molecule has 26 heavy (non-hydrogen) atoms. The van der Waals surface area contributed by atoms with Crippen LogP contribution in [0.15, 0.2) is 24.3 Å². The molecular formula is C19H26N6O. The molecule has 7 heteroatoms. The molecule has 1 aromatic carbocycles. The molecule has 6 N–H and O–H groups in total. The minimum atomic E-state index is -0.620. The summed E-state index contributed by atoms with van der Waals surface area (Å²) in [5.74, 6) is -0.0329. The number of carbonyl (C=O) groups is 1. The van der Waals surface area contributed by atoms with Gasteiger partial charge in [-0.05, 0) is 49.9 Å². The topological polar surface area (TPSA) is 119 Å². The maximum atomic E-state index is 11.7. The molecule has 0 saturated heterocycles. The number of primary amides is 1. The number of rotatable bonds is 5. The summed E-state index contributed by atoms with van der Waals surface area (Å²) in [6.45, 7) is 4.05. The minimum absolute atomic E-state index is 0.0946. The van der Waals surface area contributed by atoms with Crippen molar-refractivity contribution in [3.8, 4) is 0 Å². The Hall–Kier alpha value is -2.67.